The van der Waals surface area contributed by atoms with Crippen molar-refractivity contribution in [3.05, 3.63) is 51.1 Å². The first-order valence-corrected chi connectivity index (χ1v) is 10.1. The third-order valence-corrected chi connectivity index (χ3v) is 5.73. The van der Waals surface area contributed by atoms with Gasteiger partial charge in [-0.05, 0) is 79.8 Å². The van der Waals surface area contributed by atoms with Gasteiger partial charge in [0.2, 0.25) is 5.82 Å². The normalized spacial score (nSPS) is 17.0. The Balaban J connectivity index is 1.92. The summed E-state index contributed by atoms with van der Waals surface area (Å²) in [6.07, 6.45) is 0. The lowest BCUT2D eigenvalue weighted by molar-refractivity contribution is -0.934. The maximum Gasteiger partial charge on any atom is 0.258 e. The summed E-state index contributed by atoms with van der Waals surface area (Å²) in [4.78, 5) is 17.5. The number of benzene rings is 1. The van der Waals surface area contributed by atoms with Crippen LogP contribution >= 0.6 is 0 Å². The van der Waals surface area contributed by atoms with E-state index < -0.39 is 0 Å². The maximum atomic E-state index is 13.2. The molecule has 1 aromatic carbocycles. The Morgan fingerprint density at radius 1 is 1.14 bits per heavy atom. The van der Waals surface area contributed by atoms with E-state index >= 15 is 0 Å². The smallest absolute Gasteiger partial charge is 0.258 e. The molecule has 154 valence electrons. The molecule has 0 amide bonds. The first-order valence-electron chi connectivity index (χ1n) is 10.1. The van der Waals surface area contributed by atoms with Gasteiger partial charge in [-0.15, -0.1) is 5.10 Å². The Hall–Kier alpha value is -2.58. The van der Waals surface area contributed by atoms with Crippen LogP contribution in [0.1, 0.15) is 49.3 Å². The summed E-state index contributed by atoms with van der Waals surface area (Å²) in [7, 11) is 0. The molecule has 1 atom stereocenters. The summed E-state index contributed by atoms with van der Waals surface area (Å²) in [6, 6.07) is 5.91. The number of morpholine rings is 1. The van der Waals surface area contributed by atoms with Crippen molar-refractivity contribution < 1.29 is 9.64 Å². The van der Waals surface area contributed by atoms with Crippen molar-refractivity contribution in [3.8, 4) is 0 Å². The largest absolute Gasteiger partial charge is 0.370 e. The van der Waals surface area contributed by atoms with Crippen LogP contribution in [-0.4, -0.2) is 51.5 Å². The fraction of sp³-hybridized carbons (Fsp3) is 0.524. The number of H-pyrrole nitrogens is 1. The number of aryl methyl sites for hydroxylation is 2. The Morgan fingerprint density at radius 3 is 2.52 bits per heavy atom. The lowest BCUT2D eigenvalue weighted by atomic mass is 9.99. The van der Waals surface area contributed by atoms with E-state index in [0.717, 1.165) is 29.6 Å². The van der Waals surface area contributed by atoms with Gasteiger partial charge in [0.05, 0.1) is 24.3 Å². The van der Waals surface area contributed by atoms with Crippen molar-refractivity contribution in [2.45, 2.75) is 46.2 Å². The lowest BCUT2D eigenvalue weighted by Crippen LogP contribution is -3.14. The van der Waals surface area contributed by atoms with Crippen LogP contribution in [0.5, 0.6) is 0 Å². The monoisotopic (exact) mass is 397 g/mol. The van der Waals surface area contributed by atoms with E-state index in [0.29, 0.717) is 24.6 Å². The molecule has 1 saturated heterocycles. The number of hydrogen-bond donors (Lipinski definition) is 2. The number of hydrogen-bond acceptors (Lipinski definition) is 5. The molecule has 1 fully saturated rings. The van der Waals surface area contributed by atoms with Crippen molar-refractivity contribution in [2.75, 3.05) is 26.3 Å². The predicted octanol–water partition coefficient (Wildman–Crippen LogP) is 0.891. The number of fused-ring (bicyclic) bond motifs is 1. The van der Waals surface area contributed by atoms with Crippen LogP contribution in [0.2, 0.25) is 0 Å². The van der Waals surface area contributed by atoms with Gasteiger partial charge in [-0.1, -0.05) is 0 Å². The molecule has 2 aromatic heterocycles. The SMILES string of the molecule is Cc1cc2cc([C@@H](c3nnnn3C(C)(C)C)[NH+]3CCOCC3)c(=O)[nH]c2cc1C. The Labute approximate surface area is 169 Å². The third kappa shape index (κ3) is 3.70. The Bertz CT molecular complexity index is 1090. The second-order valence-corrected chi connectivity index (χ2v) is 8.90. The quantitative estimate of drug-likeness (QED) is 0.685. The van der Waals surface area contributed by atoms with Crippen molar-refractivity contribution in [2.24, 2.45) is 0 Å². The average molecular weight is 398 g/mol. The van der Waals surface area contributed by atoms with E-state index in [1.54, 1.807) is 0 Å². The van der Waals surface area contributed by atoms with Gasteiger partial charge >= 0.3 is 0 Å². The van der Waals surface area contributed by atoms with Gasteiger partial charge in [-0.25, -0.2) is 4.68 Å². The number of nitrogens with zero attached hydrogens (tertiary/aromatic N) is 4. The molecule has 0 saturated carbocycles. The van der Waals surface area contributed by atoms with Crippen molar-refractivity contribution in [1.82, 2.24) is 25.2 Å². The van der Waals surface area contributed by atoms with Gasteiger partial charge in [0.1, 0.15) is 13.1 Å². The van der Waals surface area contributed by atoms with E-state index in [9.17, 15) is 4.79 Å². The van der Waals surface area contributed by atoms with Crippen molar-refractivity contribution in [1.29, 1.82) is 0 Å². The summed E-state index contributed by atoms with van der Waals surface area (Å²) in [5.41, 5.74) is 3.53. The van der Waals surface area contributed by atoms with Gasteiger partial charge in [-0.2, -0.15) is 0 Å². The fourth-order valence-corrected chi connectivity index (χ4v) is 4.02. The predicted molar refractivity (Wildman–Crippen MR) is 110 cm³/mol. The number of tetrazole rings is 1. The van der Waals surface area contributed by atoms with Gasteiger partial charge in [0.25, 0.3) is 5.56 Å². The van der Waals surface area contributed by atoms with Crippen molar-refractivity contribution >= 4 is 10.9 Å². The second-order valence-electron chi connectivity index (χ2n) is 8.90. The number of aromatic amines is 1. The van der Waals surface area contributed by atoms with E-state index in [2.05, 4.69) is 61.2 Å². The summed E-state index contributed by atoms with van der Waals surface area (Å²) >= 11 is 0. The summed E-state index contributed by atoms with van der Waals surface area (Å²) in [6.45, 7) is 13.3. The maximum absolute atomic E-state index is 13.2. The second kappa shape index (κ2) is 7.35. The van der Waals surface area contributed by atoms with E-state index in [1.807, 2.05) is 16.8 Å². The molecule has 2 N–H and O–H groups in total. The molecule has 3 heterocycles. The summed E-state index contributed by atoms with van der Waals surface area (Å²) in [5, 5.41) is 13.6. The Kier molecular flexibility index (Phi) is 5.00. The molecule has 0 aliphatic carbocycles. The highest BCUT2D eigenvalue weighted by molar-refractivity contribution is 5.80. The molecule has 29 heavy (non-hydrogen) atoms. The third-order valence-electron chi connectivity index (χ3n) is 5.73. The first-order chi connectivity index (χ1) is 13.8. The molecule has 1 aliphatic heterocycles. The number of nitrogens with one attached hydrogen (secondary N) is 2. The number of pyridine rings is 1. The van der Waals surface area contributed by atoms with E-state index in [1.165, 1.54) is 10.5 Å². The van der Waals surface area contributed by atoms with Crippen molar-refractivity contribution in [3.63, 3.8) is 0 Å². The minimum atomic E-state index is -0.292. The molecule has 0 unspecified atom stereocenters. The lowest BCUT2D eigenvalue weighted by Gasteiger charge is -2.32. The Morgan fingerprint density at radius 2 is 1.83 bits per heavy atom. The van der Waals surface area contributed by atoms with Crippen LogP contribution in [0.15, 0.2) is 23.0 Å². The van der Waals surface area contributed by atoms with Gasteiger partial charge in [-0.3, -0.25) is 4.79 Å². The molecule has 8 nitrogen and oxygen atoms in total. The van der Waals surface area contributed by atoms with E-state index in [-0.39, 0.29) is 17.1 Å². The van der Waals surface area contributed by atoms with Crippen LogP contribution in [0, 0.1) is 13.8 Å². The van der Waals surface area contributed by atoms with E-state index in [4.69, 9.17) is 4.74 Å². The van der Waals surface area contributed by atoms with Gasteiger partial charge < -0.3 is 14.6 Å². The van der Waals surface area contributed by atoms with Gasteiger partial charge in [0, 0.05) is 5.52 Å². The summed E-state index contributed by atoms with van der Waals surface area (Å²) < 4.78 is 7.40. The van der Waals surface area contributed by atoms with Crippen LogP contribution in [0.25, 0.3) is 10.9 Å². The molecule has 3 aromatic rings. The molecule has 0 radical (unpaired) electrons. The zero-order valence-corrected chi connectivity index (χ0v) is 17.7. The first kappa shape index (κ1) is 19.7. The minimum Gasteiger partial charge on any atom is -0.370 e. The van der Waals surface area contributed by atoms with Gasteiger partial charge in [0.15, 0.2) is 6.04 Å². The highest BCUT2D eigenvalue weighted by Gasteiger charge is 2.37. The standard InChI is InChI=1S/C21H28N6O2/c1-13-10-15-12-16(20(28)22-17(15)11-14(13)2)18(26-6-8-29-9-7-26)19-23-24-25-27(19)21(3,4)5/h10-12,18H,6-9H2,1-5H3,(H,22,28)/p+1/t18-/m0/s1. The molecular formula is C21H29N6O2+. The fourth-order valence-electron chi connectivity index (χ4n) is 4.02. The van der Waals surface area contributed by atoms with Crippen LogP contribution in [0.3, 0.4) is 0 Å². The highest BCUT2D eigenvalue weighted by atomic mass is 16.5. The molecule has 0 spiro atoms. The average Bonchev–Trinajstić information content (AvgIpc) is 3.15. The number of rotatable bonds is 3. The zero-order valence-electron chi connectivity index (χ0n) is 17.7. The topological polar surface area (TPSA) is 90.1 Å². The number of aromatic nitrogens is 5. The molecule has 1 aliphatic rings. The summed E-state index contributed by atoms with van der Waals surface area (Å²) in [5.74, 6) is 0.711. The van der Waals surface area contributed by atoms with Crippen LogP contribution < -0.4 is 10.5 Å². The molecule has 8 heteroatoms. The van der Waals surface area contributed by atoms with Crippen LogP contribution in [-0.2, 0) is 10.3 Å². The van der Waals surface area contributed by atoms with Crippen LogP contribution in [0.4, 0.5) is 0 Å². The molecular weight excluding hydrogens is 368 g/mol. The molecule has 0 bridgehead atoms. The molecule has 4 rings (SSSR count). The number of quaternary nitrogens is 1. The highest BCUT2D eigenvalue weighted by Crippen LogP contribution is 2.23. The zero-order chi connectivity index (χ0) is 20.8. The number of ether oxygens (including phenoxy) is 1. The minimum absolute atomic E-state index is 0.0896.